The second-order valence-electron chi connectivity index (χ2n) is 7.46. The molecule has 11 heteroatoms. The number of nitrogens with one attached hydrogen (secondary N) is 1. The van der Waals surface area contributed by atoms with Crippen molar-refractivity contribution < 1.29 is 22.3 Å². The van der Waals surface area contributed by atoms with Gasteiger partial charge in [0.05, 0.1) is 34.0 Å². The van der Waals surface area contributed by atoms with Gasteiger partial charge < -0.3 is 9.64 Å². The molecule has 1 aliphatic heterocycles. The van der Waals surface area contributed by atoms with Crippen LogP contribution in [0.1, 0.15) is 12.0 Å². The summed E-state index contributed by atoms with van der Waals surface area (Å²) in [5.41, 5.74) is 1.09. The summed E-state index contributed by atoms with van der Waals surface area (Å²) in [6.45, 7) is 3.89. The predicted molar refractivity (Wildman–Crippen MR) is 120 cm³/mol. The number of benzene rings is 2. The van der Waals surface area contributed by atoms with Crippen molar-refractivity contribution in [3.63, 3.8) is 0 Å². The molecule has 0 unspecified atom stereocenters. The molecule has 0 spiro atoms. The number of sulfonamides is 1. The number of carbonyl (C=O) groups excluding carboxylic acids is 1. The Hall–Kier alpha value is -2.76. The van der Waals surface area contributed by atoms with Crippen molar-refractivity contribution in [3.8, 4) is 0 Å². The molecule has 1 saturated heterocycles. The number of rotatable bonds is 6. The van der Waals surface area contributed by atoms with Crippen LogP contribution in [0.25, 0.3) is 10.2 Å². The number of fused-ring (bicyclic) bond motifs is 1. The van der Waals surface area contributed by atoms with Gasteiger partial charge in [-0.3, -0.25) is 18.9 Å². The number of nitrogens with zero attached hydrogens (tertiary/aromatic N) is 2. The number of amides is 1. The number of morpholine rings is 1. The number of carbonyl (C=O) groups is 1. The third-order valence-corrected chi connectivity index (χ3v) is 7.61. The first-order valence-corrected chi connectivity index (χ1v) is 12.3. The summed E-state index contributed by atoms with van der Waals surface area (Å²) in [7, 11) is -3.97. The zero-order valence-corrected chi connectivity index (χ0v) is 19.0. The summed E-state index contributed by atoms with van der Waals surface area (Å²) in [6, 6.07) is 8.44. The van der Waals surface area contributed by atoms with Crippen LogP contribution in [0.15, 0.2) is 46.1 Å². The third kappa shape index (κ3) is 4.69. The van der Waals surface area contributed by atoms with Crippen molar-refractivity contribution in [2.45, 2.75) is 24.8 Å². The van der Waals surface area contributed by atoms with Gasteiger partial charge in [-0.05, 0) is 42.8 Å². The van der Waals surface area contributed by atoms with E-state index < -0.39 is 15.8 Å². The Morgan fingerprint density at radius 3 is 2.66 bits per heavy atom. The number of hydrogen-bond donors (Lipinski definition) is 1. The van der Waals surface area contributed by atoms with E-state index in [1.54, 1.807) is 17.9 Å². The maximum absolute atomic E-state index is 13.8. The van der Waals surface area contributed by atoms with E-state index >= 15 is 0 Å². The van der Waals surface area contributed by atoms with Crippen LogP contribution in [0.3, 0.4) is 0 Å². The number of anilines is 1. The Morgan fingerprint density at radius 1 is 1.19 bits per heavy atom. The summed E-state index contributed by atoms with van der Waals surface area (Å²) >= 11 is 0.917. The molecule has 1 N–H and O–H groups in total. The molecule has 1 amide bonds. The molecule has 1 fully saturated rings. The SMILES string of the molecule is Cc1ccc(NS(=O)(=O)c2ccc3c(c2)sc(=O)n3CCC(=O)N2CCOCC2)cc1F. The van der Waals surface area contributed by atoms with E-state index in [-0.39, 0.29) is 34.3 Å². The fourth-order valence-electron chi connectivity index (χ4n) is 3.47. The first-order chi connectivity index (χ1) is 15.2. The number of thiazole rings is 1. The normalized spacial score (nSPS) is 14.6. The van der Waals surface area contributed by atoms with E-state index in [0.29, 0.717) is 42.1 Å². The average molecular weight is 480 g/mol. The lowest BCUT2D eigenvalue weighted by Gasteiger charge is -2.26. The van der Waals surface area contributed by atoms with E-state index in [2.05, 4.69) is 4.72 Å². The molecule has 4 rings (SSSR count). The van der Waals surface area contributed by atoms with Gasteiger partial charge in [-0.25, -0.2) is 12.8 Å². The van der Waals surface area contributed by atoms with Gasteiger partial charge in [-0.1, -0.05) is 17.4 Å². The minimum atomic E-state index is -3.97. The monoisotopic (exact) mass is 479 g/mol. The standard InChI is InChI=1S/C21H22FN3O5S2/c1-14-2-3-15(12-17(14)22)23-32(28,29)16-4-5-18-19(13-16)31-21(27)25(18)7-6-20(26)24-8-10-30-11-9-24/h2-5,12-13,23H,6-11H2,1H3. The quantitative estimate of drug-likeness (QED) is 0.586. The second kappa shape index (κ2) is 9.00. The Balaban J connectivity index is 1.54. The molecule has 170 valence electrons. The second-order valence-corrected chi connectivity index (χ2v) is 10.1. The number of aryl methyl sites for hydroxylation is 2. The predicted octanol–water partition coefficient (Wildman–Crippen LogP) is 2.56. The van der Waals surface area contributed by atoms with Crippen molar-refractivity contribution in [2.24, 2.45) is 0 Å². The highest BCUT2D eigenvalue weighted by atomic mass is 32.2. The number of hydrogen-bond acceptors (Lipinski definition) is 6. The summed E-state index contributed by atoms with van der Waals surface area (Å²) in [5.74, 6) is -0.559. The van der Waals surface area contributed by atoms with Crippen molar-refractivity contribution in [1.29, 1.82) is 0 Å². The van der Waals surface area contributed by atoms with Crippen molar-refractivity contribution in [3.05, 3.63) is 57.4 Å². The summed E-state index contributed by atoms with van der Waals surface area (Å²) in [4.78, 5) is 26.3. The topological polar surface area (TPSA) is 97.7 Å². The Labute approximate surface area is 188 Å². The van der Waals surface area contributed by atoms with Crippen LogP contribution >= 0.6 is 11.3 Å². The van der Waals surface area contributed by atoms with Crippen molar-refractivity contribution in [1.82, 2.24) is 9.47 Å². The highest BCUT2D eigenvalue weighted by Crippen LogP contribution is 2.24. The summed E-state index contributed by atoms with van der Waals surface area (Å²) < 4.78 is 48.8. The largest absolute Gasteiger partial charge is 0.378 e. The van der Waals surface area contributed by atoms with E-state index in [0.717, 1.165) is 17.4 Å². The van der Waals surface area contributed by atoms with Gasteiger partial charge in [0.1, 0.15) is 5.82 Å². The van der Waals surface area contributed by atoms with Crippen molar-refractivity contribution >= 4 is 43.2 Å². The van der Waals surface area contributed by atoms with Gasteiger partial charge >= 0.3 is 4.87 Å². The summed E-state index contributed by atoms with van der Waals surface area (Å²) in [6.07, 6.45) is 0.173. The maximum Gasteiger partial charge on any atom is 0.308 e. The molecule has 3 aromatic rings. The lowest BCUT2D eigenvalue weighted by Crippen LogP contribution is -2.41. The van der Waals surface area contributed by atoms with Crippen LogP contribution in [-0.4, -0.2) is 50.1 Å². The third-order valence-electron chi connectivity index (χ3n) is 5.29. The minimum absolute atomic E-state index is 0.0382. The molecule has 2 aromatic carbocycles. The van der Waals surface area contributed by atoms with Crippen LogP contribution in [0.5, 0.6) is 0 Å². The summed E-state index contributed by atoms with van der Waals surface area (Å²) in [5, 5.41) is 0. The zero-order chi connectivity index (χ0) is 22.9. The number of ether oxygens (including phenoxy) is 1. The molecule has 0 radical (unpaired) electrons. The molecule has 0 atom stereocenters. The maximum atomic E-state index is 13.8. The fourth-order valence-corrected chi connectivity index (χ4v) is 5.58. The Bertz CT molecular complexity index is 1330. The first kappa shape index (κ1) is 22.4. The van der Waals surface area contributed by atoms with Crippen LogP contribution in [0.2, 0.25) is 0 Å². The smallest absolute Gasteiger partial charge is 0.308 e. The Kier molecular flexibility index (Phi) is 6.31. The fraction of sp³-hybridized carbons (Fsp3) is 0.333. The van der Waals surface area contributed by atoms with Gasteiger partial charge in [-0.2, -0.15) is 0 Å². The van der Waals surface area contributed by atoms with Gasteiger partial charge in [0.15, 0.2) is 0 Å². The molecule has 0 bridgehead atoms. The molecular formula is C21H22FN3O5S2. The minimum Gasteiger partial charge on any atom is -0.378 e. The molecule has 0 saturated carbocycles. The lowest BCUT2D eigenvalue weighted by atomic mass is 10.2. The van der Waals surface area contributed by atoms with E-state index in [9.17, 15) is 22.4 Å². The van der Waals surface area contributed by atoms with Gasteiger partial charge in [-0.15, -0.1) is 0 Å². The number of aromatic nitrogens is 1. The molecule has 1 aliphatic rings. The van der Waals surface area contributed by atoms with Crippen LogP contribution in [0.4, 0.5) is 10.1 Å². The molecular weight excluding hydrogens is 457 g/mol. The zero-order valence-electron chi connectivity index (χ0n) is 17.3. The highest BCUT2D eigenvalue weighted by molar-refractivity contribution is 7.92. The number of halogens is 1. The van der Waals surface area contributed by atoms with Gasteiger partial charge in [0.25, 0.3) is 10.0 Å². The molecule has 0 aliphatic carbocycles. The Morgan fingerprint density at radius 2 is 1.94 bits per heavy atom. The molecule has 2 heterocycles. The van der Waals surface area contributed by atoms with E-state index in [1.165, 1.54) is 28.8 Å². The molecule has 1 aromatic heterocycles. The van der Waals surface area contributed by atoms with Crippen LogP contribution in [-0.2, 0) is 26.1 Å². The average Bonchev–Trinajstić information content (AvgIpc) is 3.09. The van der Waals surface area contributed by atoms with Crippen LogP contribution in [0, 0.1) is 12.7 Å². The van der Waals surface area contributed by atoms with Crippen LogP contribution < -0.4 is 9.60 Å². The first-order valence-electron chi connectivity index (χ1n) is 10.0. The van der Waals surface area contributed by atoms with E-state index in [1.807, 2.05) is 0 Å². The van der Waals surface area contributed by atoms with Crippen molar-refractivity contribution in [2.75, 3.05) is 31.0 Å². The highest BCUT2D eigenvalue weighted by Gasteiger charge is 2.20. The molecule has 32 heavy (non-hydrogen) atoms. The van der Waals surface area contributed by atoms with Gasteiger partial charge in [0.2, 0.25) is 5.91 Å². The lowest BCUT2D eigenvalue weighted by molar-refractivity contribution is -0.135. The van der Waals surface area contributed by atoms with E-state index in [4.69, 9.17) is 4.74 Å². The van der Waals surface area contributed by atoms with Gasteiger partial charge in [0, 0.05) is 26.1 Å². The molecule has 8 nitrogen and oxygen atoms in total.